The second-order valence-electron chi connectivity index (χ2n) is 10.3. The summed E-state index contributed by atoms with van der Waals surface area (Å²) in [6, 6.07) is 22.6. The molecule has 0 saturated carbocycles. The lowest BCUT2D eigenvalue weighted by atomic mass is 9.80. The van der Waals surface area contributed by atoms with E-state index in [1.165, 1.54) is 11.8 Å². The summed E-state index contributed by atoms with van der Waals surface area (Å²) in [4.78, 5) is 52.9. The van der Waals surface area contributed by atoms with Crippen molar-refractivity contribution in [1.82, 2.24) is 4.90 Å². The van der Waals surface area contributed by atoms with Crippen molar-refractivity contribution < 1.29 is 33.4 Å². The predicted molar refractivity (Wildman–Crippen MR) is 154 cm³/mol. The van der Waals surface area contributed by atoms with Gasteiger partial charge in [0.15, 0.2) is 5.78 Å². The first-order chi connectivity index (χ1) is 20.2. The van der Waals surface area contributed by atoms with E-state index in [9.17, 15) is 19.2 Å². The number of amides is 1. The minimum Gasteiger partial charge on any atom is -0.497 e. The third-order valence-corrected chi connectivity index (χ3v) is 7.34. The van der Waals surface area contributed by atoms with Gasteiger partial charge in [0, 0.05) is 31.5 Å². The number of ketones is 1. The first-order valence-corrected chi connectivity index (χ1v) is 13.6. The minimum absolute atomic E-state index is 0.00252. The number of carbonyl (C=O) groups is 4. The van der Waals surface area contributed by atoms with Crippen LogP contribution in [0.25, 0.3) is 0 Å². The fourth-order valence-electron chi connectivity index (χ4n) is 4.85. The average Bonchev–Trinajstić information content (AvgIpc) is 3.47. The van der Waals surface area contributed by atoms with Gasteiger partial charge < -0.3 is 19.1 Å². The van der Waals surface area contributed by atoms with E-state index >= 15 is 0 Å². The molecule has 0 aliphatic carbocycles. The van der Waals surface area contributed by atoms with Gasteiger partial charge >= 0.3 is 11.9 Å². The highest BCUT2D eigenvalue weighted by Gasteiger charge is 2.47. The molecule has 2 heterocycles. The summed E-state index contributed by atoms with van der Waals surface area (Å²) in [6.07, 6.45) is 0.565. The molecule has 3 aromatic carbocycles. The Labute approximate surface area is 243 Å². The number of piperidine rings is 1. The molecule has 2 aliphatic rings. The summed E-state index contributed by atoms with van der Waals surface area (Å²) in [5, 5.41) is 6.15. The van der Waals surface area contributed by atoms with Crippen LogP contribution in [-0.2, 0) is 25.5 Å². The van der Waals surface area contributed by atoms with E-state index in [4.69, 9.17) is 14.2 Å². The lowest BCUT2D eigenvalue weighted by molar-refractivity contribution is -0.154. The number of anilines is 1. The number of Topliss-reactive ketones (excluding diaryl/α,β-unsaturated/α-hetero) is 1. The second kappa shape index (κ2) is 12.3. The van der Waals surface area contributed by atoms with Crippen LogP contribution in [0.1, 0.15) is 35.7 Å². The molecule has 10 heteroatoms. The Morgan fingerprint density at radius 3 is 2.24 bits per heavy atom. The lowest BCUT2D eigenvalue weighted by Crippen LogP contribution is -2.54. The molecule has 10 nitrogen and oxygen atoms in total. The molecule has 42 heavy (non-hydrogen) atoms. The maximum Gasteiger partial charge on any atom is 0.326 e. The van der Waals surface area contributed by atoms with E-state index in [0.29, 0.717) is 30.0 Å². The van der Waals surface area contributed by atoms with E-state index in [2.05, 4.69) is 5.10 Å². The number of carbonyl (C=O) groups excluding carboxylic acids is 4. The van der Waals surface area contributed by atoms with Gasteiger partial charge in [-0.2, -0.15) is 0 Å². The molecule has 0 radical (unpaired) electrons. The van der Waals surface area contributed by atoms with E-state index < -0.39 is 17.4 Å². The summed E-state index contributed by atoms with van der Waals surface area (Å²) >= 11 is 0. The van der Waals surface area contributed by atoms with Crippen molar-refractivity contribution >= 4 is 35.2 Å². The molecule has 1 unspecified atom stereocenters. The van der Waals surface area contributed by atoms with Crippen molar-refractivity contribution in [3.63, 3.8) is 0 Å². The Hall–Kier alpha value is -4.99. The monoisotopic (exact) mass is 569 g/mol. The standard InChI is InChI=1S/C32H31N3O7/c1-32(21-34(18-16-27(32)36)30(38)23-6-4-3-5-7-23)31(39)41-26-12-8-22(9-13-26)20-29(37)42-28-17-19-35(33-28)24-10-14-25(40-2)15-11-24/h3-15H,16-21H2,1-2H3. The molecule has 1 fully saturated rings. The number of nitrogens with zero attached hydrogens (tertiary/aromatic N) is 3. The van der Waals surface area contributed by atoms with Crippen LogP contribution in [0.4, 0.5) is 5.69 Å². The number of ether oxygens (including phenoxy) is 3. The molecular weight excluding hydrogens is 538 g/mol. The van der Waals surface area contributed by atoms with Gasteiger partial charge in [-0.25, -0.2) is 0 Å². The molecule has 1 amide bonds. The molecule has 3 aromatic rings. The predicted octanol–water partition coefficient (Wildman–Crippen LogP) is 4.03. The lowest BCUT2D eigenvalue weighted by Gasteiger charge is -2.37. The highest BCUT2D eigenvalue weighted by atomic mass is 16.5. The Balaban J connectivity index is 1.15. The quantitative estimate of drug-likeness (QED) is 0.238. The molecule has 0 N–H and O–H groups in total. The number of hydrazone groups is 1. The van der Waals surface area contributed by atoms with Crippen molar-refractivity contribution in [3.8, 4) is 11.5 Å². The van der Waals surface area contributed by atoms with Crippen LogP contribution in [0.3, 0.4) is 0 Å². The molecule has 216 valence electrons. The highest BCUT2D eigenvalue weighted by molar-refractivity contribution is 6.06. The molecule has 5 rings (SSSR count). The van der Waals surface area contributed by atoms with Gasteiger partial charge in [-0.3, -0.25) is 24.2 Å². The first-order valence-electron chi connectivity index (χ1n) is 13.6. The molecule has 1 atom stereocenters. The summed E-state index contributed by atoms with van der Waals surface area (Å²) in [7, 11) is 1.60. The van der Waals surface area contributed by atoms with Crippen molar-refractivity contribution in [2.24, 2.45) is 10.5 Å². The fraction of sp³-hybridized carbons (Fsp3) is 0.281. The van der Waals surface area contributed by atoms with Gasteiger partial charge in [-0.05, 0) is 61.0 Å². The number of methoxy groups -OCH3 is 1. The van der Waals surface area contributed by atoms with Crippen LogP contribution in [-0.4, -0.2) is 61.2 Å². The van der Waals surface area contributed by atoms with Gasteiger partial charge in [0.2, 0.25) is 5.90 Å². The van der Waals surface area contributed by atoms with Crippen LogP contribution in [0.15, 0.2) is 84.0 Å². The van der Waals surface area contributed by atoms with E-state index in [-0.39, 0.29) is 43.4 Å². The van der Waals surface area contributed by atoms with Crippen molar-refractivity contribution in [3.05, 3.63) is 90.0 Å². The zero-order chi connectivity index (χ0) is 29.7. The van der Waals surface area contributed by atoms with Crippen LogP contribution >= 0.6 is 0 Å². The summed E-state index contributed by atoms with van der Waals surface area (Å²) in [6.45, 7) is 2.27. The van der Waals surface area contributed by atoms with Gasteiger partial charge in [-0.1, -0.05) is 30.3 Å². The van der Waals surface area contributed by atoms with Gasteiger partial charge in [0.1, 0.15) is 16.9 Å². The van der Waals surface area contributed by atoms with Gasteiger partial charge in [0.25, 0.3) is 5.91 Å². The fourth-order valence-corrected chi connectivity index (χ4v) is 4.85. The van der Waals surface area contributed by atoms with Crippen molar-refractivity contribution in [1.29, 1.82) is 0 Å². The average molecular weight is 570 g/mol. The third-order valence-electron chi connectivity index (χ3n) is 7.34. The number of hydrogen-bond donors (Lipinski definition) is 0. The number of rotatable bonds is 7. The zero-order valence-electron chi connectivity index (χ0n) is 23.4. The normalized spacial score (nSPS) is 18.3. The highest BCUT2D eigenvalue weighted by Crippen LogP contribution is 2.30. The van der Waals surface area contributed by atoms with Gasteiger partial charge in [0.05, 0.1) is 25.8 Å². The summed E-state index contributed by atoms with van der Waals surface area (Å²) in [5.74, 6) is -0.392. The Morgan fingerprint density at radius 1 is 0.857 bits per heavy atom. The maximum absolute atomic E-state index is 13.1. The molecule has 0 spiro atoms. The molecule has 0 bridgehead atoms. The van der Waals surface area contributed by atoms with E-state index in [0.717, 1.165) is 11.4 Å². The zero-order valence-corrected chi connectivity index (χ0v) is 23.4. The molecular formula is C32H31N3O7. The van der Waals surface area contributed by atoms with E-state index in [1.54, 1.807) is 60.6 Å². The smallest absolute Gasteiger partial charge is 0.326 e. The number of hydrogen-bond acceptors (Lipinski definition) is 9. The first kappa shape index (κ1) is 28.5. The van der Waals surface area contributed by atoms with Gasteiger partial charge in [-0.15, -0.1) is 5.10 Å². The molecule has 1 saturated heterocycles. The Morgan fingerprint density at radius 2 is 1.55 bits per heavy atom. The third kappa shape index (κ3) is 6.33. The number of likely N-dealkylation sites (tertiary alicyclic amines) is 1. The Bertz CT molecular complexity index is 1500. The van der Waals surface area contributed by atoms with Crippen molar-refractivity contribution in [2.75, 3.05) is 31.8 Å². The van der Waals surface area contributed by atoms with E-state index in [1.807, 2.05) is 30.3 Å². The van der Waals surface area contributed by atoms with Crippen molar-refractivity contribution in [2.45, 2.75) is 26.2 Å². The van der Waals surface area contributed by atoms with Crippen LogP contribution in [0.5, 0.6) is 11.5 Å². The minimum atomic E-state index is -1.49. The number of esters is 2. The summed E-state index contributed by atoms with van der Waals surface area (Å²) in [5.41, 5.74) is 0.523. The van der Waals surface area contributed by atoms with Crippen LogP contribution < -0.4 is 14.5 Å². The van der Waals surface area contributed by atoms with Crippen LogP contribution in [0, 0.1) is 5.41 Å². The Kier molecular flexibility index (Phi) is 8.33. The molecule has 0 aromatic heterocycles. The SMILES string of the molecule is COc1ccc(N2CCC(OC(=O)Cc3ccc(OC(=O)C4(C)CN(C(=O)c5ccccc5)CCC4=O)cc3)=N2)cc1. The topological polar surface area (TPSA) is 115 Å². The second-order valence-corrected chi connectivity index (χ2v) is 10.3. The molecule has 2 aliphatic heterocycles. The summed E-state index contributed by atoms with van der Waals surface area (Å²) < 4.78 is 16.2. The number of benzene rings is 3. The van der Waals surface area contributed by atoms with Crippen LogP contribution in [0.2, 0.25) is 0 Å². The largest absolute Gasteiger partial charge is 0.497 e. The maximum atomic E-state index is 13.1.